The van der Waals surface area contributed by atoms with E-state index < -0.39 is 34.7 Å². The van der Waals surface area contributed by atoms with E-state index in [1.54, 1.807) is 18.2 Å². The van der Waals surface area contributed by atoms with Crippen LogP contribution in [0, 0.1) is 11.7 Å². The van der Waals surface area contributed by atoms with Gasteiger partial charge < -0.3 is 4.98 Å². The van der Waals surface area contributed by atoms with Crippen LogP contribution in [0.1, 0.15) is 16.4 Å². The van der Waals surface area contributed by atoms with Gasteiger partial charge in [-0.1, -0.05) is 58.4 Å². The molecule has 5 rings (SSSR count). The van der Waals surface area contributed by atoms with Crippen LogP contribution in [0.25, 0.3) is 0 Å². The van der Waals surface area contributed by atoms with Crippen molar-refractivity contribution in [3.8, 4) is 0 Å². The lowest BCUT2D eigenvalue weighted by Gasteiger charge is -2.30. The zero-order valence-electron chi connectivity index (χ0n) is 14.9. The molecule has 0 saturated carbocycles. The Morgan fingerprint density at radius 2 is 1.73 bits per heavy atom. The molecule has 152 valence electrons. The molecule has 30 heavy (non-hydrogen) atoms. The average Bonchev–Trinajstić information content (AvgIpc) is 3.20. The van der Waals surface area contributed by atoms with Crippen LogP contribution in [0.5, 0.6) is 0 Å². The minimum Gasteiger partial charge on any atom is -0.307 e. The largest absolute Gasteiger partial charge is 0.307 e. The Morgan fingerprint density at radius 3 is 2.47 bits per heavy atom. The van der Waals surface area contributed by atoms with Gasteiger partial charge in [-0.3, -0.25) is 14.4 Å². The number of benzene rings is 2. The Kier molecular flexibility index (Phi) is 4.77. The van der Waals surface area contributed by atoms with Crippen molar-refractivity contribution < 1.29 is 14.0 Å². The van der Waals surface area contributed by atoms with Gasteiger partial charge in [0.2, 0.25) is 11.8 Å². The number of hydrogen-bond acceptors (Lipinski definition) is 5. The van der Waals surface area contributed by atoms with E-state index in [9.17, 15) is 18.8 Å². The number of anilines is 1. The Morgan fingerprint density at radius 1 is 1.00 bits per heavy atom. The maximum atomic E-state index is 13.5. The predicted molar refractivity (Wildman–Crippen MR) is 115 cm³/mol. The number of aromatic nitrogens is 1. The van der Waals surface area contributed by atoms with Crippen molar-refractivity contribution >= 4 is 63.8 Å². The fourth-order valence-electron chi connectivity index (χ4n) is 3.96. The number of thiazole rings is 1. The summed E-state index contributed by atoms with van der Waals surface area (Å²) >= 11 is 14.8. The molecule has 0 spiro atoms. The van der Waals surface area contributed by atoms with Crippen molar-refractivity contribution in [3.05, 3.63) is 78.4 Å². The number of rotatable bonds is 2. The van der Waals surface area contributed by atoms with E-state index in [1.807, 2.05) is 0 Å². The van der Waals surface area contributed by atoms with Crippen molar-refractivity contribution in [2.24, 2.45) is 5.92 Å². The van der Waals surface area contributed by atoms with E-state index in [0.29, 0.717) is 26.2 Å². The minimum absolute atomic E-state index is 0.272. The van der Waals surface area contributed by atoms with Crippen LogP contribution in [0.3, 0.4) is 0 Å². The molecule has 10 heteroatoms. The predicted octanol–water partition coefficient (Wildman–Crippen LogP) is 4.68. The van der Waals surface area contributed by atoms with Gasteiger partial charge in [0.1, 0.15) is 11.1 Å². The number of carbonyl (C=O) groups is 2. The molecule has 5 nitrogen and oxygen atoms in total. The first-order chi connectivity index (χ1) is 14.4. The van der Waals surface area contributed by atoms with Crippen LogP contribution in [0.15, 0.2) is 52.3 Å². The van der Waals surface area contributed by atoms with Gasteiger partial charge in [0.15, 0.2) is 0 Å². The number of halogens is 3. The first-order valence-corrected chi connectivity index (χ1v) is 11.3. The maximum absolute atomic E-state index is 13.5. The number of carbonyl (C=O) groups excluding carboxylic acids is 2. The molecule has 1 N–H and O–H groups in total. The van der Waals surface area contributed by atoms with Crippen molar-refractivity contribution in [3.63, 3.8) is 0 Å². The summed E-state index contributed by atoms with van der Waals surface area (Å²) in [6.07, 6.45) is 0. The molecule has 1 aromatic heterocycles. The van der Waals surface area contributed by atoms with Crippen molar-refractivity contribution in [1.82, 2.24) is 4.98 Å². The normalized spacial score (nSPS) is 22.9. The fourth-order valence-corrected chi connectivity index (χ4v) is 6.89. The Hall–Kier alpha value is -2.13. The highest BCUT2D eigenvalue weighted by Gasteiger charge is 2.56. The molecule has 2 aliphatic rings. The van der Waals surface area contributed by atoms with Gasteiger partial charge in [-0.25, -0.2) is 9.29 Å². The lowest BCUT2D eigenvalue weighted by molar-refractivity contribution is -0.122. The highest BCUT2D eigenvalue weighted by molar-refractivity contribution is 8.00. The van der Waals surface area contributed by atoms with E-state index in [2.05, 4.69) is 4.98 Å². The third-order valence-electron chi connectivity index (χ3n) is 5.23. The molecule has 2 aromatic carbocycles. The number of nitrogens with zero attached hydrogens (tertiary/aromatic N) is 1. The summed E-state index contributed by atoms with van der Waals surface area (Å²) in [5.74, 6) is -2.68. The zero-order chi connectivity index (χ0) is 21.2. The standard InChI is InChI=1S/C20H11Cl2FN2O3S2/c21-11-3-1-2-10(14(11)22)12-13-16(29-17-15(12)30-20(28)24-17)19(27)25(18(13)26)9-6-4-8(23)5-7-9/h1-7,12-13,16H,(H,24,28)/t12-,13-,16+/m0/s1. The average molecular weight is 481 g/mol. The number of H-pyrrole nitrogens is 1. The van der Waals surface area contributed by atoms with Crippen molar-refractivity contribution in [2.45, 2.75) is 16.2 Å². The third-order valence-corrected chi connectivity index (χ3v) is 8.46. The highest BCUT2D eigenvalue weighted by Crippen LogP contribution is 2.54. The Bertz CT molecular complexity index is 1260. The SMILES string of the molecule is O=C1[C@H]2[C@H](c3cccc(Cl)c3Cl)c3sc(=O)[nH]c3S[C@H]2C(=O)N1c1ccc(F)cc1. The quantitative estimate of drug-likeness (QED) is 0.540. The number of fused-ring (bicyclic) bond motifs is 2. The van der Waals surface area contributed by atoms with Crippen LogP contribution in [0.4, 0.5) is 10.1 Å². The third kappa shape index (κ3) is 2.93. The van der Waals surface area contributed by atoms with Crippen molar-refractivity contribution in [2.75, 3.05) is 4.90 Å². The van der Waals surface area contributed by atoms with Gasteiger partial charge in [0, 0.05) is 10.8 Å². The van der Waals surface area contributed by atoms with Crippen molar-refractivity contribution in [1.29, 1.82) is 0 Å². The zero-order valence-corrected chi connectivity index (χ0v) is 18.0. The molecule has 3 aromatic rings. The Balaban J connectivity index is 1.68. The lowest BCUT2D eigenvalue weighted by atomic mass is 9.83. The molecule has 0 radical (unpaired) electrons. The van der Waals surface area contributed by atoms with Gasteiger partial charge in [-0.05, 0) is 35.9 Å². The number of thioether (sulfide) groups is 1. The van der Waals surface area contributed by atoms with Crippen LogP contribution in [0.2, 0.25) is 10.0 Å². The molecule has 1 fully saturated rings. The molecular weight excluding hydrogens is 470 g/mol. The van der Waals surface area contributed by atoms with E-state index in [-0.39, 0.29) is 9.90 Å². The molecule has 1 saturated heterocycles. The molecular formula is C20H11Cl2FN2O3S2. The topological polar surface area (TPSA) is 70.2 Å². The fraction of sp³-hybridized carbons (Fsp3) is 0.150. The van der Waals surface area contributed by atoms with E-state index in [0.717, 1.165) is 28.0 Å². The summed E-state index contributed by atoms with van der Waals surface area (Å²) in [6, 6.07) is 10.3. The molecule has 2 aliphatic heterocycles. The molecule has 3 heterocycles. The summed E-state index contributed by atoms with van der Waals surface area (Å²) in [6.45, 7) is 0. The molecule has 0 bridgehead atoms. The van der Waals surface area contributed by atoms with E-state index in [1.165, 1.54) is 24.3 Å². The molecule has 0 unspecified atom stereocenters. The Labute approximate surface area is 187 Å². The summed E-state index contributed by atoms with van der Waals surface area (Å²) in [4.78, 5) is 43.0. The smallest absolute Gasteiger partial charge is 0.305 e. The molecule has 0 aliphatic carbocycles. The number of imide groups is 1. The van der Waals surface area contributed by atoms with Gasteiger partial charge in [-0.15, -0.1) is 0 Å². The summed E-state index contributed by atoms with van der Waals surface area (Å²) in [5.41, 5.74) is 0.882. The number of aromatic amines is 1. The number of amides is 2. The second-order valence-corrected chi connectivity index (χ2v) is 9.83. The highest BCUT2D eigenvalue weighted by atomic mass is 35.5. The summed E-state index contributed by atoms with van der Waals surface area (Å²) in [7, 11) is 0. The second kappa shape index (κ2) is 7.23. The lowest BCUT2D eigenvalue weighted by Crippen LogP contribution is -2.32. The first kappa shape index (κ1) is 19.8. The monoisotopic (exact) mass is 480 g/mol. The van der Waals surface area contributed by atoms with Crippen LogP contribution < -0.4 is 9.77 Å². The number of nitrogens with one attached hydrogen (secondary N) is 1. The summed E-state index contributed by atoms with van der Waals surface area (Å²) in [5, 5.41) is 0.400. The molecule has 3 atom stereocenters. The van der Waals surface area contributed by atoms with E-state index in [4.69, 9.17) is 23.2 Å². The minimum atomic E-state index is -0.775. The first-order valence-electron chi connectivity index (χ1n) is 8.83. The van der Waals surface area contributed by atoms with Crippen LogP contribution >= 0.6 is 46.3 Å². The van der Waals surface area contributed by atoms with E-state index >= 15 is 0 Å². The van der Waals surface area contributed by atoms with Gasteiger partial charge in [0.25, 0.3) is 0 Å². The van der Waals surface area contributed by atoms with Crippen LogP contribution in [-0.4, -0.2) is 22.0 Å². The summed E-state index contributed by atoms with van der Waals surface area (Å²) < 4.78 is 13.4. The number of hydrogen-bond donors (Lipinski definition) is 1. The van der Waals surface area contributed by atoms with Gasteiger partial charge >= 0.3 is 4.87 Å². The van der Waals surface area contributed by atoms with Gasteiger partial charge in [-0.2, -0.15) is 0 Å². The van der Waals surface area contributed by atoms with Crippen LogP contribution in [-0.2, 0) is 9.59 Å². The maximum Gasteiger partial charge on any atom is 0.305 e. The van der Waals surface area contributed by atoms with Gasteiger partial charge in [0.05, 0.1) is 26.7 Å². The second-order valence-electron chi connectivity index (χ2n) is 6.88. The molecule has 2 amide bonds.